The van der Waals surface area contributed by atoms with Crippen LogP contribution in [0.25, 0.3) is 10.4 Å². The van der Waals surface area contributed by atoms with Crippen molar-refractivity contribution in [1.82, 2.24) is 4.90 Å². The summed E-state index contributed by atoms with van der Waals surface area (Å²) in [6.45, 7) is 0.223. The lowest BCUT2D eigenvalue weighted by atomic mass is 9.84. The second-order valence-corrected chi connectivity index (χ2v) is 6.47. The van der Waals surface area contributed by atoms with Crippen molar-refractivity contribution in [2.75, 3.05) is 13.7 Å². The van der Waals surface area contributed by atoms with E-state index in [9.17, 15) is 9.59 Å². The van der Waals surface area contributed by atoms with Crippen molar-refractivity contribution in [3.05, 3.63) is 10.4 Å². The third kappa shape index (κ3) is 4.36. The molecule has 1 amide bonds. The molecule has 1 heterocycles. The molecule has 2 N–H and O–H groups in total. The second kappa shape index (κ2) is 8.17. The van der Waals surface area contributed by atoms with E-state index in [-0.39, 0.29) is 12.5 Å². The van der Waals surface area contributed by atoms with E-state index in [1.165, 1.54) is 31.3 Å². The van der Waals surface area contributed by atoms with Crippen molar-refractivity contribution in [3.8, 4) is 0 Å². The Kier molecular flexibility index (Phi) is 6.24. The van der Waals surface area contributed by atoms with E-state index in [1.807, 2.05) is 0 Å². The van der Waals surface area contributed by atoms with Crippen molar-refractivity contribution in [3.63, 3.8) is 0 Å². The summed E-state index contributed by atoms with van der Waals surface area (Å²) in [5, 5.41) is 3.64. The van der Waals surface area contributed by atoms with Crippen LogP contribution in [0, 0.1) is 5.92 Å². The molecule has 23 heavy (non-hydrogen) atoms. The number of azide groups is 1. The summed E-state index contributed by atoms with van der Waals surface area (Å²) in [7, 11) is 1.29. The summed E-state index contributed by atoms with van der Waals surface area (Å²) in [5.41, 5.74) is 14.7. The summed E-state index contributed by atoms with van der Waals surface area (Å²) < 4.78 is 4.76. The van der Waals surface area contributed by atoms with Crippen LogP contribution in [-0.2, 0) is 14.3 Å². The Morgan fingerprint density at radius 3 is 2.70 bits per heavy atom. The van der Waals surface area contributed by atoms with Crippen LogP contribution in [0.4, 0.5) is 0 Å². The van der Waals surface area contributed by atoms with Crippen LogP contribution >= 0.6 is 0 Å². The van der Waals surface area contributed by atoms with Gasteiger partial charge in [0.15, 0.2) is 0 Å². The summed E-state index contributed by atoms with van der Waals surface area (Å²) in [6.07, 6.45) is 6.81. The number of carbonyl (C=O) groups is 2. The van der Waals surface area contributed by atoms with Gasteiger partial charge in [-0.3, -0.25) is 4.79 Å². The molecule has 2 aliphatic rings. The first-order chi connectivity index (χ1) is 11.1. The highest BCUT2D eigenvalue weighted by Gasteiger charge is 2.41. The molecule has 0 aromatic carbocycles. The highest BCUT2D eigenvalue weighted by Crippen LogP contribution is 2.28. The molecule has 0 bridgehead atoms. The topological polar surface area (TPSA) is 121 Å². The van der Waals surface area contributed by atoms with Gasteiger partial charge in [-0.2, -0.15) is 0 Å². The van der Waals surface area contributed by atoms with E-state index in [0.29, 0.717) is 18.8 Å². The molecule has 1 saturated carbocycles. The third-order valence-corrected chi connectivity index (χ3v) is 4.88. The Morgan fingerprint density at radius 1 is 1.39 bits per heavy atom. The van der Waals surface area contributed by atoms with Crippen molar-refractivity contribution < 1.29 is 14.3 Å². The maximum Gasteiger partial charge on any atom is 0.328 e. The fourth-order valence-electron chi connectivity index (χ4n) is 3.67. The van der Waals surface area contributed by atoms with Crippen LogP contribution in [0.2, 0.25) is 0 Å². The fraction of sp³-hybridized carbons (Fsp3) is 0.867. The fourth-order valence-corrected chi connectivity index (χ4v) is 3.67. The van der Waals surface area contributed by atoms with Crippen molar-refractivity contribution in [2.45, 2.75) is 63.1 Å². The van der Waals surface area contributed by atoms with E-state index >= 15 is 0 Å². The van der Waals surface area contributed by atoms with Crippen LogP contribution in [-0.4, -0.2) is 48.6 Å². The zero-order valence-corrected chi connectivity index (χ0v) is 13.6. The predicted octanol–water partition coefficient (Wildman–Crippen LogP) is 1.74. The average Bonchev–Trinajstić information content (AvgIpc) is 2.98. The number of ether oxygens (including phenoxy) is 1. The van der Waals surface area contributed by atoms with Crippen molar-refractivity contribution >= 4 is 11.9 Å². The molecule has 3 atom stereocenters. The predicted molar refractivity (Wildman–Crippen MR) is 84.2 cm³/mol. The van der Waals surface area contributed by atoms with E-state index in [0.717, 1.165) is 12.8 Å². The van der Waals surface area contributed by atoms with Gasteiger partial charge in [-0.25, -0.2) is 4.79 Å². The molecule has 128 valence electrons. The average molecular weight is 323 g/mol. The number of esters is 1. The van der Waals surface area contributed by atoms with E-state index < -0.39 is 24.1 Å². The number of nitrogens with zero attached hydrogens (tertiary/aromatic N) is 4. The van der Waals surface area contributed by atoms with Crippen LogP contribution in [0.3, 0.4) is 0 Å². The van der Waals surface area contributed by atoms with Gasteiger partial charge < -0.3 is 15.4 Å². The summed E-state index contributed by atoms with van der Waals surface area (Å²) in [4.78, 5) is 28.8. The lowest BCUT2D eigenvalue weighted by Crippen LogP contribution is -2.49. The second-order valence-electron chi connectivity index (χ2n) is 6.47. The van der Waals surface area contributed by atoms with Crippen LogP contribution < -0.4 is 5.73 Å². The molecule has 2 rings (SSSR count). The quantitative estimate of drug-likeness (QED) is 0.358. The molecule has 8 nitrogen and oxygen atoms in total. The molecule has 1 aliphatic carbocycles. The van der Waals surface area contributed by atoms with Gasteiger partial charge in [0.1, 0.15) is 6.04 Å². The van der Waals surface area contributed by atoms with Crippen LogP contribution in [0.5, 0.6) is 0 Å². The molecule has 1 saturated heterocycles. The molecule has 1 aliphatic heterocycles. The smallest absolute Gasteiger partial charge is 0.328 e. The number of rotatable bonds is 5. The molecule has 0 spiro atoms. The SMILES string of the molecule is COC(=O)[C@@H]1C[C@H](N=[N+]=[N-])CN1C(=O)[C@H](N)CC1CCCCC1. The van der Waals surface area contributed by atoms with Gasteiger partial charge in [0.05, 0.1) is 19.2 Å². The molecular weight excluding hydrogens is 298 g/mol. The van der Waals surface area contributed by atoms with E-state index in [1.54, 1.807) is 0 Å². The highest BCUT2D eigenvalue weighted by molar-refractivity contribution is 5.88. The third-order valence-electron chi connectivity index (χ3n) is 4.88. The van der Waals surface area contributed by atoms with Gasteiger partial charge in [-0.15, -0.1) is 0 Å². The lowest BCUT2D eigenvalue weighted by molar-refractivity contribution is -0.151. The first-order valence-corrected chi connectivity index (χ1v) is 8.25. The Hall–Kier alpha value is -1.79. The molecule has 0 radical (unpaired) electrons. The molecule has 0 aromatic rings. The van der Waals surface area contributed by atoms with Gasteiger partial charge in [0.25, 0.3) is 0 Å². The molecular formula is C15H25N5O3. The Balaban J connectivity index is 2.01. The normalized spacial score (nSPS) is 26.4. The number of methoxy groups -OCH3 is 1. The van der Waals surface area contributed by atoms with Crippen molar-refractivity contribution in [1.29, 1.82) is 0 Å². The first kappa shape index (κ1) is 17.6. The van der Waals surface area contributed by atoms with Gasteiger partial charge in [0, 0.05) is 11.5 Å². The Bertz CT molecular complexity index is 486. The summed E-state index contributed by atoms with van der Waals surface area (Å²) in [5.74, 6) is -0.254. The maximum absolute atomic E-state index is 12.7. The van der Waals surface area contributed by atoms with Gasteiger partial charge >= 0.3 is 5.97 Å². The first-order valence-electron chi connectivity index (χ1n) is 8.25. The minimum atomic E-state index is -0.708. The zero-order valence-electron chi connectivity index (χ0n) is 13.6. The summed E-state index contributed by atoms with van der Waals surface area (Å²) >= 11 is 0. The lowest BCUT2D eigenvalue weighted by Gasteiger charge is -2.29. The molecule has 0 unspecified atom stereocenters. The minimum Gasteiger partial charge on any atom is -0.467 e. The molecule has 2 fully saturated rings. The number of likely N-dealkylation sites (tertiary alicyclic amines) is 1. The number of carbonyl (C=O) groups excluding carboxylic acids is 2. The summed E-state index contributed by atoms with van der Waals surface area (Å²) in [6, 6.07) is -1.73. The zero-order chi connectivity index (χ0) is 16.8. The molecule has 0 aromatic heterocycles. The van der Waals surface area contributed by atoms with Gasteiger partial charge in [-0.1, -0.05) is 37.2 Å². The number of hydrogen-bond donors (Lipinski definition) is 1. The van der Waals surface area contributed by atoms with Crippen LogP contribution in [0.1, 0.15) is 44.9 Å². The standard InChI is InChI=1S/C15H25N5O3/c1-23-15(22)13-8-11(18-19-17)9-20(13)14(21)12(16)7-10-5-3-2-4-6-10/h10-13H,2-9,16H2,1H3/t11-,12+,13-/m0/s1. The highest BCUT2D eigenvalue weighted by atomic mass is 16.5. The van der Waals surface area contributed by atoms with Gasteiger partial charge in [0.2, 0.25) is 5.91 Å². The van der Waals surface area contributed by atoms with Crippen LogP contribution in [0.15, 0.2) is 5.11 Å². The van der Waals surface area contributed by atoms with E-state index in [4.69, 9.17) is 16.0 Å². The number of amides is 1. The minimum absolute atomic E-state index is 0.223. The Morgan fingerprint density at radius 2 is 2.09 bits per heavy atom. The van der Waals surface area contributed by atoms with Gasteiger partial charge in [-0.05, 0) is 24.3 Å². The van der Waals surface area contributed by atoms with Crippen molar-refractivity contribution in [2.24, 2.45) is 16.8 Å². The van der Waals surface area contributed by atoms with E-state index in [2.05, 4.69) is 10.0 Å². The number of nitrogens with two attached hydrogens (primary N) is 1. The number of hydrogen-bond acceptors (Lipinski definition) is 5. The monoisotopic (exact) mass is 323 g/mol. The molecule has 8 heteroatoms. The largest absolute Gasteiger partial charge is 0.467 e. The maximum atomic E-state index is 12.7. The Labute approximate surface area is 136 Å².